The third-order valence-electron chi connectivity index (χ3n) is 3.91. The molecule has 0 bridgehead atoms. The molecule has 2 N–H and O–H groups in total. The van der Waals surface area contributed by atoms with Gasteiger partial charge in [0, 0.05) is 38.8 Å². The minimum absolute atomic E-state index is 0. The number of halogens is 1. The zero-order valence-corrected chi connectivity index (χ0v) is 17.0. The lowest BCUT2D eigenvalue weighted by Crippen LogP contribution is -2.39. The first-order chi connectivity index (χ1) is 11.3. The third kappa shape index (κ3) is 6.94. The van der Waals surface area contributed by atoms with Crippen molar-refractivity contribution in [2.24, 2.45) is 10.9 Å². The normalized spacial score (nSPS) is 20.5. The van der Waals surface area contributed by atoms with Crippen LogP contribution in [0.15, 0.2) is 35.3 Å². The minimum atomic E-state index is 0. The van der Waals surface area contributed by atoms with Crippen molar-refractivity contribution in [2.45, 2.75) is 26.4 Å². The fourth-order valence-electron chi connectivity index (χ4n) is 2.77. The van der Waals surface area contributed by atoms with Crippen LogP contribution in [0.25, 0.3) is 0 Å². The van der Waals surface area contributed by atoms with Crippen LogP contribution in [0.3, 0.4) is 0 Å². The molecule has 24 heavy (non-hydrogen) atoms. The van der Waals surface area contributed by atoms with Gasteiger partial charge in [-0.2, -0.15) is 0 Å². The molecule has 0 saturated carbocycles. The molecule has 2 atom stereocenters. The fourth-order valence-corrected chi connectivity index (χ4v) is 2.77. The molecular weight excluding hydrogens is 417 g/mol. The Morgan fingerprint density at radius 1 is 1.25 bits per heavy atom. The van der Waals surface area contributed by atoms with Gasteiger partial charge in [-0.05, 0) is 25.8 Å². The zero-order chi connectivity index (χ0) is 16.3. The Kier molecular flexibility index (Phi) is 11.0. The Morgan fingerprint density at radius 2 is 2.04 bits per heavy atom. The molecule has 0 amide bonds. The predicted molar refractivity (Wildman–Crippen MR) is 109 cm³/mol. The molecule has 1 heterocycles. The number of ether oxygens (including phenoxy) is 2. The van der Waals surface area contributed by atoms with Crippen LogP contribution in [0.1, 0.15) is 31.9 Å². The summed E-state index contributed by atoms with van der Waals surface area (Å²) >= 11 is 0. The van der Waals surface area contributed by atoms with E-state index in [1.165, 1.54) is 5.56 Å². The first-order valence-corrected chi connectivity index (χ1v) is 8.61. The van der Waals surface area contributed by atoms with E-state index in [4.69, 9.17) is 14.5 Å². The number of hydrogen-bond acceptors (Lipinski definition) is 3. The van der Waals surface area contributed by atoms with Crippen molar-refractivity contribution in [1.82, 2.24) is 10.6 Å². The summed E-state index contributed by atoms with van der Waals surface area (Å²) in [6.07, 6.45) is 1.22. The molecule has 0 spiro atoms. The maximum absolute atomic E-state index is 5.93. The second-order valence-electron chi connectivity index (χ2n) is 5.59. The van der Waals surface area contributed by atoms with E-state index in [1.807, 2.05) is 13.0 Å². The Bertz CT molecular complexity index is 471. The maximum atomic E-state index is 5.93. The molecule has 1 saturated heterocycles. The molecule has 0 aliphatic carbocycles. The Morgan fingerprint density at radius 3 is 2.75 bits per heavy atom. The van der Waals surface area contributed by atoms with Crippen molar-refractivity contribution in [3.8, 4) is 0 Å². The number of hydrogen-bond donors (Lipinski definition) is 2. The summed E-state index contributed by atoms with van der Waals surface area (Å²) in [6.45, 7) is 8.71. The number of nitrogens with zero attached hydrogens (tertiary/aromatic N) is 1. The summed E-state index contributed by atoms with van der Waals surface area (Å²) in [7, 11) is 0. The highest BCUT2D eigenvalue weighted by molar-refractivity contribution is 14.0. The monoisotopic (exact) mass is 447 g/mol. The lowest BCUT2D eigenvalue weighted by molar-refractivity contribution is 0.0925. The number of guanidine groups is 1. The van der Waals surface area contributed by atoms with Crippen molar-refractivity contribution in [3.63, 3.8) is 0 Å². The summed E-state index contributed by atoms with van der Waals surface area (Å²) < 4.78 is 11.3. The molecule has 1 aromatic carbocycles. The van der Waals surface area contributed by atoms with Gasteiger partial charge in [-0.25, -0.2) is 0 Å². The number of nitrogens with one attached hydrogen (secondary N) is 2. The first-order valence-electron chi connectivity index (χ1n) is 8.61. The van der Waals surface area contributed by atoms with E-state index in [0.717, 1.165) is 45.2 Å². The van der Waals surface area contributed by atoms with Gasteiger partial charge < -0.3 is 20.1 Å². The van der Waals surface area contributed by atoms with Crippen LogP contribution in [0, 0.1) is 5.92 Å². The van der Waals surface area contributed by atoms with E-state index in [0.29, 0.717) is 12.5 Å². The van der Waals surface area contributed by atoms with E-state index < -0.39 is 0 Å². The van der Waals surface area contributed by atoms with Crippen molar-refractivity contribution < 1.29 is 9.47 Å². The fraction of sp³-hybridized carbons (Fsp3) is 0.611. The quantitative estimate of drug-likeness (QED) is 0.279. The largest absolute Gasteiger partial charge is 0.380 e. The lowest BCUT2D eigenvalue weighted by Gasteiger charge is -2.18. The van der Waals surface area contributed by atoms with Gasteiger partial charge in [-0.3, -0.25) is 4.99 Å². The standard InChI is InChI=1S/C18H29N3O2.HI/c1-3-19-18(20-11-13-22-4-2)21-14-16-10-12-23-17(16)15-8-6-5-7-9-15;/h5-9,16-17H,3-4,10-14H2,1-2H3,(H2,19,20,21);1H. The van der Waals surface area contributed by atoms with Gasteiger partial charge in [0.15, 0.2) is 5.96 Å². The highest BCUT2D eigenvalue weighted by atomic mass is 127. The van der Waals surface area contributed by atoms with Crippen LogP contribution in [0.2, 0.25) is 0 Å². The Hall–Kier alpha value is -0.860. The summed E-state index contributed by atoms with van der Waals surface area (Å²) in [5, 5.41) is 6.59. The summed E-state index contributed by atoms with van der Waals surface area (Å²) in [6, 6.07) is 10.4. The molecule has 0 aromatic heterocycles. The van der Waals surface area contributed by atoms with E-state index in [2.05, 4.69) is 41.8 Å². The molecule has 1 fully saturated rings. The molecule has 2 unspecified atom stereocenters. The third-order valence-corrected chi connectivity index (χ3v) is 3.91. The SMILES string of the molecule is CCNC(=NCC1CCOC1c1ccccc1)NCCOCC.I. The average molecular weight is 447 g/mol. The van der Waals surface area contributed by atoms with Gasteiger partial charge in [-0.15, -0.1) is 24.0 Å². The van der Waals surface area contributed by atoms with Crippen LogP contribution < -0.4 is 10.6 Å². The molecule has 136 valence electrons. The van der Waals surface area contributed by atoms with Gasteiger partial charge >= 0.3 is 0 Å². The second kappa shape index (κ2) is 12.5. The second-order valence-corrected chi connectivity index (χ2v) is 5.59. The van der Waals surface area contributed by atoms with Crippen molar-refractivity contribution in [2.75, 3.05) is 39.5 Å². The smallest absolute Gasteiger partial charge is 0.191 e. The van der Waals surface area contributed by atoms with E-state index >= 15 is 0 Å². The number of aliphatic imine (C=N–C) groups is 1. The topological polar surface area (TPSA) is 54.9 Å². The van der Waals surface area contributed by atoms with Crippen LogP contribution >= 0.6 is 24.0 Å². The summed E-state index contributed by atoms with van der Waals surface area (Å²) in [4.78, 5) is 4.73. The molecule has 2 rings (SSSR count). The first kappa shape index (κ1) is 21.2. The molecule has 1 aliphatic rings. The van der Waals surface area contributed by atoms with Crippen molar-refractivity contribution in [3.05, 3.63) is 35.9 Å². The molecule has 5 nitrogen and oxygen atoms in total. The van der Waals surface area contributed by atoms with E-state index in [9.17, 15) is 0 Å². The molecule has 1 aromatic rings. The molecule has 1 aliphatic heterocycles. The van der Waals surface area contributed by atoms with Crippen molar-refractivity contribution in [1.29, 1.82) is 0 Å². The molecular formula is C18H30IN3O2. The van der Waals surface area contributed by atoms with Crippen LogP contribution in [-0.2, 0) is 9.47 Å². The van der Waals surface area contributed by atoms with Gasteiger partial charge in [0.05, 0.1) is 12.7 Å². The highest BCUT2D eigenvalue weighted by Crippen LogP contribution is 2.34. The van der Waals surface area contributed by atoms with Crippen molar-refractivity contribution >= 4 is 29.9 Å². The number of rotatable bonds is 8. The van der Waals surface area contributed by atoms with Gasteiger partial charge in [0.2, 0.25) is 0 Å². The molecule has 0 radical (unpaired) electrons. The minimum Gasteiger partial charge on any atom is -0.380 e. The zero-order valence-electron chi connectivity index (χ0n) is 14.7. The Balaban J connectivity index is 0.00000288. The van der Waals surface area contributed by atoms with E-state index in [-0.39, 0.29) is 30.1 Å². The highest BCUT2D eigenvalue weighted by Gasteiger charge is 2.29. The van der Waals surface area contributed by atoms with Gasteiger partial charge in [0.1, 0.15) is 0 Å². The summed E-state index contributed by atoms with van der Waals surface area (Å²) in [5.41, 5.74) is 1.25. The van der Waals surface area contributed by atoms with Gasteiger partial charge in [-0.1, -0.05) is 30.3 Å². The van der Waals surface area contributed by atoms with Gasteiger partial charge in [0.25, 0.3) is 0 Å². The maximum Gasteiger partial charge on any atom is 0.191 e. The predicted octanol–water partition coefficient (Wildman–Crippen LogP) is 2.97. The van der Waals surface area contributed by atoms with E-state index in [1.54, 1.807) is 0 Å². The summed E-state index contributed by atoms with van der Waals surface area (Å²) in [5.74, 6) is 1.28. The van der Waals surface area contributed by atoms with Crippen LogP contribution in [0.5, 0.6) is 0 Å². The molecule has 6 heteroatoms. The Labute approximate surface area is 162 Å². The average Bonchev–Trinajstić information content (AvgIpc) is 3.06. The number of benzene rings is 1. The van der Waals surface area contributed by atoms with Crippen LogP contribution in [0.4, 0.5) is 0 Å². The van der Waals surface area contributed by atoms with Crippen LogP contribution in [-0.4, -0.2) is 45.4 Å². The lowest BCUT2D eigenvalue weighted by atomic mass is 9.95.